The SMILES string of the molecule is CCN1CCC/C(=C\c2cc(F)ccc2S(=O)(=O)Nc2ccc3c(c2C(=O)OC)OC[C@@H]2C[C@H]32)C1. The summed E-state index contributed by atoms with van der Waals surface area (Å²) < 4.78 is 54.6. The lowest BCUT2D eigenvalue weighted by Gasteiger charge is -2.27. The molecule has 1 saturated carbocycles. The Bertz CT molecular complexity index is 1310. The number of hydrogen-bond acceptors (Lipinski definition) is 6. The topological polar surface area (TPSA) is 84.9 Å². The van der Waals surface area contributed by atoms with Gasteiger partial charge in [-0.3, -0.25) is 9.62 Å². The summed E-state index contributed by atoms with van der Waals surface area (Å²) in [6.45, 7) is 5.17. The number of halogens is 1. The smallest absolute Gasteiger partial charge is 0.343 e. The van der Waals surface area contributed by atoms with E-state index >= 15 is 0 Å². The number of fused-ring (bicyclic) bond motifs is 3. The summed E-state index contributed by atoms with van der Waals surface area (Å²) in [6.07, 6.45) is 4.55. The molecule has 1 aliphatic carbocycles. The molecule has 0 spiro atoms. The molecule has 0 aromatic heterocycles. The van der Waals surface area contributed by atoms with Crippen LogP contribution in [0, 0.1) is 11.7 Å². The maximum atomic E-state index is 14.2. The number of carbonyl (C=O) groups is 1. The Balaban J connectivity index is 1.53. The van der Waals surface area contributed by atoms with Crippen LogP contribution in [0.3, 0.4) is 0 Å². The van der Waals surface area contributed by atoms with Gasteiger partial charge >= 0.3 is 5.97 Å². The predicted octanol–water partition coefficient (Wildman–Crippen LogP) is 4.41. The second-order valence-corrected chi connectivity index (χ2v) is 11.0. The first-order valence-corrected chi connectivity index (χ1v) is 13.4. The van der Waals surface area contributed by atoms with Gasteiger partial charge in [0.05, 0.1) is 24.3 Å². The monoisotopic (exact) mass is 500 g/mol. The van der Waals surface area contributed by atoms with Gasteiger partial charge in [-0.2, -0.15) is 0 Å². The normalized spacial score (nSPS) is 22.7. The third-order valence-corrected chi connectivity index (χ3v) is 8.49. The van der Waals surface area contributed by atoms with Crippen molar-refractivity contribution >= 4 is 27.8 Å². The van der Waals surface area contributed by atoms with Crippen molar-refractivity contribution in [1.82, 2.24) is 4.90 Å². The van der Waals surface area contributed by atoms with Crippen molar-refractivity contribution in [2.45, 2.75) is 37.0 Å². The first-order valence-electron chi connectivity index (χ1n) is 11.9. The van der Waals surface area contributed by atoms with Crippen LogP contribution in [-0.4, -0.2) is 52.6 Å². The molecule has 35 heavy (non-hydrogen) atoms. The first-order chi connectivity index (χ1) is 16.8. The molecule has 7 nitrogen and oxygen atoms in total. The largest absolute Gasteiger partial charge is 0.492 e. The minimum Gasteiger partial charge on any atom is -0.492 e. The molecule has 0 unspecified atom stereocenters. The molecule has 2 atom stereocenters. The number of hydrogen-bond donors (Lipinski definition) is 1. The summed E-state index contributed by atoms with van der Waals surface area (Å²) in [5.74, 6) is -0.0634. The quantitative estimate of drug-likeness (QED) is 0.592. The number of rotatable bonds is 6. The van der Waals surface area contributed by atoms with Crippen molar-refractivity contribution in [3.05, 3.63) is 58.4 Å². The van der Waals surface area contributed by atoms with E-state index in [9.17, 15) is 17.6 Å². The summed E-state index contributed by atoms with van der Waals surface area (Å²) >= 11 is 0. The van der Waals surface area contributed by atoms with Crippen LogP contribution < -0.4 is 9.46 Å². The Morgan fingerprint density at radius 1 is 1.31 bits per heavy atom. The van der Waals surface area contributed by atoms with Gasteiger partial charge in [0, 0.05) is 12.5 Å². The number of piperidine rings is 1. The number of esters is 1. The van der Waals surface area contributed by atoms with E-state index in [1.165, 1.54) is 19.2 Å². The molecule has 1 N–H and O–H groups in total. The van der Waals surface area contributed by atoms with E-state index in [-0.39, 0.29) is 21.7 Å². The zero-order valence-corrected chi connectivity index (χ0v) is 20.7. The molecule has 0 bridgehead atoms. The molecule has 186 valence electrons. The van der Waals surface area contributed by atoms with Crippen LogP contribution >= 0.6 is 0 Å². The van der Waals surface area contributed by atoms with Gasteiger partial charge in [0.15, 0.2) is 0 Å². The number of nitrogens with zero attached hydrogens (tertiary/aromatic N) is 1. The molecule has 2 aromatic carbocycles. The van der Waals surface area contributed by atoms with E-state index in [1.807, 2.05) is 0 Å². The fourth-order valence-electron chi connectivity index (χ4n) is 5.10. The number of nitrogens with one attached hydrogen (secondary N) is 1. The molecule has 2 heterocycles. The van der Waals surface area contributed by atoms with E-state index in [1.54, 1.807) is 18.2 Å². The van der Waals surface area contributed by atoms with E-state index in [0.717, 1.165) is 56.1 Å². The Kier molecular flexibility index (Phi) is 6.31. The summed E-state index contributed by atoms with van der Waals surface area (Å²) in [6, 6.07) is 7.00. The molecule has 2 aromatic rings. The van der Waals surface area contributed by atoms with Gasteiger partial charge in [-0.05, 0) is 73.7 Å². The molecule has 0 amide bonds. The zero-order valence-electron chi connectivity index (χ0n) is 19.8. The first kappa shape index (κ1) is 23.8. The van der Waals surface area contributed by atoms with Gasteiger partial charge in [0.25, 0.3) is 10.0 Å². The highest BCUT2D eigenvalue weighted by molar-refractivity contribution is 7.92. The molecule has 9 heteroatoms. The van der Waals surface area contributed by atoms with Crippen molar-refractivity contribution in [1.29, 1.82) is 0 Å². The van der Waals surface area contributed by atoms with Crippen LogP contribution in [0.25, 0.3) is 6.08 Å². The fourth-order valence-corrected chi connectivity index (χ4v) is 6.34. The lowest BCUT2D eigenvalue weighted by Crippen LogP contribution is -2.30. The van der Waals surface area contributed by atoms with Crippen molar-refractivity contribution in [2.75, 3.05) is 38.1 Å². The molecule has 5 rings (SSSR count). The van der Waals surface area contributed by atoms with E-state index in [4.69, 9.17) is 9.47 Å². The van der Waals surface area contributed by atoms with Crippen molar-refractivity contribution < 1.29 is 27.1 Å². The standard InChI is InChI=1S/C26H29FN2O5S/c1-3-29-10-4-5-16(14-29)11-17-12-19(27)6-9-23(17)35(31,32)28-22-8-7-20-21-13-18(21)15-34-25(20)24(22)26(30)33-2/h6-9,11-12,18,21,28H,3-5,10,13-15H2,1-2H3/b16-11+/t18-,21-/m0/s1. The summed E-state index contributed by atoms with van der Waals surface area (Å²) in [5.41, 5.74) is 2.37. The molecule has 2 aliphatic heterocycles. The average molecular weight is 501 g/mol. The van der Waals surface area contributed by atoms with Crippen LogP contribution in [0.5, 0.6) is 5.75 Å². The van der Waals surface area contributed by atoms with Crippen molar-refractivity contribution in [3.8, 4) is 5.75 Å². The Labute approximate surface area is 205 Å². The molecular formula is C26H29FN2O5S. The fraction of sp³-hybridized carbons (Fsp3) is 0.423. The van der Waals surface area contributed by atoms with E-state index < -0.39 is 21.8 Å². The number of likely N-dealkylation sites (tertiary alicyclic amines) is 1. The van der Waals surface area contributed by atoms with Gasteiger partial charge < -0.3 is 9.47 Å². The third-order valence-electron chi connectivity index (χ3n) is 7.05. The van der Waals surface area contributed by atoms with Gasteiger partial charge in [0.2, 0.25) is 0 Å². The predicted molar refractivity (Wildman–Crippen MR) is 131 cm³/mol. The van der Waals surface area contributed by atoms with Crippen molar-refractivity contribution in [2.24, 2.45) is 5.92 Å². The van der Waals surface area contributed by atoms with E-state index in [0.29, 0.717) is 24.2 Å². The second-order valence-electron chi connectivity index (χ2n) is 9.37. The van der Waals surface area contributed by atoms with Crippen LogP contribution in [0.15, 0.2) is 40.8 Å². The highest BCUT2D eigenvalue weighted by atomic mass is 32.2. The maximum absolute atomic E-state index is 14.2. The van der Waals surface area contributed by atoms with Crippen LogP contribution in [0.2, 0.25) is 0 Å². The number of sulfonamides is 1. The Hall–Kier alpha value is -2.91. The van der Waals surface area contributed by atoms with Crippen LogP contribution in [0.4, 0.5) is 10.1 Å². The minimum absolute atomic E-state index is 0.0586. The Morgan fingerprint density at radius 3 is 2.91 bits per heavy atom. The van der Waals surface area contributed by atoms with Crippen molar-refractivity contribution in [3.63, 3.8) is 0 Å². The third kappa shape index (κ3) is 4.67. The van der Waals surface area contributed by atoms with E-state index in [2.05, 4.69) is 16.5 Å². The van der Waals surface area contributed by atoms with Crippen LogP contribution in [0.1, 0.15) is 53.6 Å². The number of methoxy groups -OCH3 is 1. The summed E-state index contributed by atoms with van der Waals surface area (Å²) in [4.78, 5) is 14.9. The van der Waals surface area contributed by atoms with Gasteiger partial charge in [-0.25, -0.2) is 17.6 Å². The second kappa shape index (κ2) is 9.28. The van der Waals surface area contributed by atoms with Gasteiger partial charge in [0.1, 0.15) is 17.1 Å². The molecule has 0 radical (unpaired) electrons. The number of ether oxygens (including phenoxy) is 2. The summed E-state index contributed by atoms with van der Waals surface area (Å²) in [5, 5.41) is 0. The Morgan fingerprint density at radius 2 is 2.14 bits per heavy atom. The lowest BCUT2D eigenvalue weighted by atomic mass is 10.0. The summed E-state index contributed by atoms with van der Waals surface area (Å²) in [7, 11) is -2.92. The average Bonchev–Trinajstić information content (AvgIpc) is 3.63. The molecular weight excluding hydrogens is 471 g/mol. The molecule has 2 fully saturated rings. The zero-order chi connectivity index (χ0) is 24.7. The minimum atomic E-state index is -4.16. The number of likely N-dealkylation sites (N-methyl/N-ethyl adjacent to an activating group) is 1. The van der Waals surface area contributed by atoms with Gasteiger partial charge in [-0.1, -0.05) is 24.6 Å². The highest BCUT2D eigenvalue weighted by Crippen LogP contribution is 2.55. The number of anilines is 1. The molecule has 3 aliphatic rings. The molecule has 1 saturated heterocycles. The number of carbonyl (C=O) groups excluding carboxylic acids is 1. The number of benzene rings is 2. The lowest BCUT2D eigenvalue weighted by molar-refractivity contribution is 0.0596. The van der Waals surface area contributed by atoms with Gasteiger partial charge in [-0.15, -0.1) is 0 Å². The highest BCUT2D eigenvalue weighted by Gasteiger charge is 2.45. The van der Waals surface area contributed by atoms with Crippen LogP contribution in [-0.2, 0) is 14.8 Å². The maximum Gasteiger partial charge on any atom is 0.343 e.